The molecule has 0 heterocycles. The van der Waals surface area contributed by atoms with E-state index in [9.17, 15) is 22.8 Å². The van der Waals surface area contributed by atoms with Gasteiger partial charge >= 0.3 is 11.8 Å². The van der Waals surface area contributed by atoms with E-state index in [1.165, 1.54) is 43.3 Å². The van der Waals surface area contributed by atoms with Gasteiger partial charge in [-0.1, -0.05) is 0 Å². The predicted octanol–water partition coefficient (Wildman–Crippen LogP) is 0.870. The summed E-state index contributed by atoms with van der Waals surface area (Å²) < 4.78 is 22.3. The number of hydrogen-bond acceptors (Lipinski definition) is 5. The van der Waals surface area contributed by atoms with Crippen molar-refractivity contribution in [2.24, 2.45) is 5.14 Å². The van der Waals surface area contributed by atoms with Gasteiger partial charge in [0.05, 0.1) is 4.90 Å². The minimum atomic E-state index is -3.83. The zero-order valence-corrected chi connectivity index (χ0v) is 14.5. The third-order valence-corrected chi connectivity index (χ3v) is 4.04. The molecule has 0 aliphatic carbocycles. The molecule has 5 N–H and O–H groups in total. The molecule has 0 aliphatic rings. The normalized spacial score (nSPS) is 10.7. The van der Waals surface area contributed by atoms with Crippen molar-refractivity contribution >= 4 is 44.8 Å². The van der Waals surface area contributed by atoms with E-state index < -0.39 is 21.8 Å². The molecule has 0 aliphatic heterocycles. The summed E-state index contributed by atoms with van der Waals surface area (Å²) in [7, 11) is -3.83. The van der Waals surface area contributed by atoms with Crippen molar-refractivity contribution in [3.63, 3.8) is 0 Å². The largest absolute Gasteiger partial charge is 0.326 e. The summed E-state index contributed by atoms with van der Waals surface area (Å²) in [5, 5.41) is 12.3. The summed E-state index contributed by atoms with van der Waals surface area (Å²) in [6.07, 6.45) is 0. The smallest absolute Gasteiger partial charge is 0.314 e. The molecular formula is C16H16N4O5S. The Balaban J connectivity index is 1.97. The van der Waals surface area contributed by atoms with Gasteiger partial charge in [0.15, 0.2) is 0 Å². The van der Waals surface area contributed by atoms with Gasteiger partial charge in [0, 0.05) is 24.0 Å². The molecule has 3 amide bonds. The van der Waals surface area contributed by atoms with E-state index in [4.69, 9.17) is 5.14 Å². The molecule has 26 heavy (non-hydrogen) atoms. The fourth-order valence-electron chi connectivity index (χ4n) is 1.94. The van der Waals surface area contributed by atoms with E-state index in [1.54, 1.807) is 12.1 Å². The first-order chi connectivity index (χ1) is 12.1. The monoisotopic (exact) mass is 376 g/mol. The fourth-order valence-corrected chi connectivity index (χ4v) is 2.46. The maximum absolute atomic E-state index is 11.9. The number of benzene rings is 2. The second kappa shape index (κ2) is 7.76. The highest BCUT2D eigenvalue weighted by molar-refractivity contribution is 7.89. The highest BCUT2D eigenvalue weighted by atomic mass is 32.2. The van der Waals surface area contributed by atoms with Crippen molar-refractivity contribution < 1.29 is 22.8 Å². The van der Waals surface area contributed by atoms with Gasteiger partial charge < -0.3 is 16.0 Å². The number of rotatable bonds is 4. The molecule has 0 atom stereocenters. The van der Waals surface area contributed by atoms with Gasteiger partial charge in [-0.05, 0) is 48.5 Å². The molecule has 2 rings (SSSR count). The molecule has 2 aromatic rings. The topological polar surface area (TPSA) is 147 Å². The zero-order chi connectivity index (χ0) is 19.3. The second-order valence-electron chi connectivity index (χ2n) is 5.24. The first-order valence-corrected chi connectivity index (χ1v) is 8.82. The van der Waals surface area contributed by atoms with Gasteiger partial charge in [-0.2, -0.15) is 0 Å². The molecule has 0 aromatic heterocycles. The lowest BCUT2D eigenvalue weighted by molar-refractivity contribution is -0.132. The van der Waals surface area contributed by atoms with E-state index in [0.717, 1.165) is 0 Å². The van der Waals surface area contributed by atoms with Gasteiger partial charge in [0.25, 0.3) is 0 Å². The molecule has 0 spiro atoms. The Morgan fingerprint density at radius 3 is 1.42 bits per heavy atom. The Bertz CT molecular complexity index is 938. The first kappa shape index (κ1) is 19.1. The maximum Gasteiger partial charge on any atom is 0.314 e. The Morgan fingerprint density at radius 1 is 0.731 bits per heavy atom. The number of carbonyl (C=O) groups excluding carboxylic acids is 3. The minimum absolute atomic E-state index is 0.112. The second-order valence-corrected chi connectivity index (χ2v) is 6.80. The molecule has 0 radical (unpaired) electrons. The summed E-state index contributed by atoms with van der Waals surface area (Å²) in [5.41, 5.74) is 1.15. The third-order valence-electron chi connectivity index (χ3n) is 3.11. The van der Waals surface area contributed by atoms with Crippen LogP contribution >= 0.6 is 0 Å². The molecule has 136 valence electrons. The molecule has 9 nitrogen and oxygen atoms in total. The molecule has 2 aromatic carbocycles. The lowest BCUT2D eigenvalue weighted by Gasteiger charge is -2.08. The van der Waals surface area contributed by atoms with Crippen LogP contribution in [-0.4, -0.2) is 26.1 Å². The summed E-state index contributed by atoms with van der Waals surface area (Å²) >= 11 is 0. The number of sulfonamides is 1. The Kier molecular flexibility index (Phi) is 5.70. The van der Waals surface area contributed by atoms with E-state index in [-0.39, 0.29) is 16.5 Å². The highest BCUT2D eigenvalue weighted by Gasteiger charge is 2.15. The van der Waals surface area contributed by atoms with E-state index in [2.05, 4.69) is 16.0 Å². The Labute approximate surface area is 149 Å². The van der Waals surface area contributed by atoms with Crippen molar-refractivity contribution in [3.8, 4) is 0 Å². The molecule has 0 saturated heterocycles. The van der Waals surface area contributed by atoms with Gasteiger partial charge in [-0.3, -0.25) is 14.4 Å². The molecular weight excluding hydrogens is 360 g/mol. The fraction of sp³-hybridized carbons (Fsp3) is 0.0625. The number of nitrogens with one attached hydrogen (secondary N) is 3. The van der Waals surface area contributed by atoms with Crippen molar-refractivity contribution in [2.75, 3.05) is 16.0 Å². The van der Waals surface area contributed by atoms with Crippen LogP contribution in [0.2, 0.25) is 0 Å². The average Bonchev–Trinajstić information content (AvgIpc) is 2.55. The molecule has 0 unspecified atom stereocenters. The van der Waals surface area contributed by atoms with Gasteiger partial charge in [-0.15, -0.1) is 0 Å². The van der Waals surface area contributed by atoms with E-state index >= 15 is 0 Å². The van der Waals surface area contributed by atoms with Gasteiger partial charge in [-0.25, -0.2) is 13.6 Å². The minimum Gasteiger partial charge on any atom is -0.326 e. The van der Waals surface area contributed by atoms with Crippen LogP contribution in [0.5, 0.6) is 0 Å². The predicted molar refractivity (Wildman–Crippen MR) is 95.8 cm³/mol. The summed E-state index contributed by atoms with van der Waals surface area (Å²) in [4.78, 5) is 34.6. The van der Waals surface area contributed by atoms with Crippen LogP contribution in [-0.2, 0) is 24.4 Å². The highest BCUT2D eigenvalue weighted by Crippen LogP contribution is 2.15. The summed E-state index contributed by atoms with van der Waals surface area (Å²) in [5.74, 6) is -2.07. The first-order valence-electron chi connectivity index (χ1n) is 7.28. The summed E-state index contributed by atoms with van der Waals surface area (Å²) in [6, 6.07) is 11.2. The van der Waals surface area contributed by atoms with Crippen molar-refractivity contribution in [1.29, 1.82) is 0 Å². The van der Waals surface area contributed by atoms with Crippen molar-refractivity contribution in [1.82, 2.24) is 0 Å². The van der Waals surface area contributed by atoms with Crippen LogP contribution in [0.15, 0.2) is 53.4 Å². The molecule has 10 heteroatoms. The lowest BCUT2D eigenvalue weighted by Crippen LogP contribution is -2.29. The Hall–Kier alpha value is -3.24. The van der Waals surface area contributed by atoms with E-state index in [0.29, 0.717) is 11.4 Å². The average molecular weight is 376 g/mol. The lowest BCUT2D eigenvalue weighted by atomic mass is 10.2. The van der Waals surface area contributed by atoms with Crippen LogP contribution in [0.25, 0.3) is 0 Å². The number of amides is 3. The van der Waals surface area contributed by atoms with Crippen molar-refractivity contribution in [2.45, 2.75) is 11.8 Å². The number of anilines is 3. The number of hydrogen-bond donors (Lipinski definition) is 4. The third kappa shape index (κ3) is 5.40. The Morgan fingerprint density at radius 2 is 1.08 bits per heavy atom. The van der Waals surface area contributed by atoms with Crippen molar-refractivity contribution in [3.05, 3.63) is 48.5 Å². The van der Waals surface area contributed by atoms with Crippen LogP contribution in [0.4, 0.5) is 17.1 Å². The number of carbonyl (C=O) groups is 3. The summed E-state index contributed by atoms with van der Waals surface area (Å²) in [6.45, 7) is 1.37. The molecule has 0 saturated carbocycles. The van der Waals surface area contributed by atoms with Crippen LogP contribution < -0.4 is 21.1 Å². The van der Waals surface area contributed by atoms with Gasteiger partial charge in [0.2, 0.25) is 15.9 Å². The van der Waals surface area contributed by atoms with Crippen LogP contribution in [0, 0.1) is 0 Å². The van der Waals surface area contributed by atoms with Crippen LogP contribution in [0.3, 0.4) is 0 Å². The van der Waals surface area contributed by atoms with Crippen LogP contribution in [0.1, 0.15) is 6.92 Å². The maximum atomic E-state index is 11.9. The zero-order valence-electron chi connectivity index (χ0n) is 13.6. The number of nitrogens with two attached hydrogens (primary N) is 1. The quantitative estimate of drug-likeness (QED) is 0.585. The molecule has 0 fully saturated rings. The van der Waals surface area contributed by atoms with Gasteiger partial charge in [0.1, 0.15) is 0 Å². The van der Waals surface area contributed by atoms with E-state index in [1.807, 2.05) is 0 Å². The molecule has 0 bridgehead atoms. The SMILES string of the molecule is CC(=O)Nc1ccc(NC(=O)C(=O)Nc2ccc(S(N)(=O)=O)cc2)cc1. The standard InChI is InChI=1S/C16H16N4O5S/c1-10(21)18-11-2-4-12(5-3-11)19-15(22)16(23)20-13-6-8-14(9-7-13)26(17,24)25/h2-9H,1H3,(H,18,21)(H,19,22)(H,20,23)(H2,17,24,25). The number of primary sulfonamides is 1.